The van der Waals surface area contributed by atoms with Crippen molar-refractivity contribution in [3.63, 3.8) is 0 Å². The van der Waals surface area contributed by atoms with Crippen molar-refractivity contribution in [2.45, 2.75) is 39.3 Å². The maximum absolute atomic E-state index is 11.9. The third-order valence-corrected chi connectivity index (χ3v) is 3.34. The van der Waals surface area contributed by atoms with Crippen molar-refractivity contribution in [3.8, 4) is 0 Å². The Balaban J connectivity index is 1.77. The van der Waals surface area contributed by atoms with E-state index in [0.29, 0.717) is 12.1 Å². The van der Waals surface area contributed by atoms with Crippen LogP contribution in [0, 0.1) is 5.92 Å². The Morgan fingerprint density at radius 3 is 2.30 bits per heavy atom. The summed E-state index contributed by atoms with van der Waals surface area (Å²) in [5.41, 5.74) is 6.12. The van der Waals surface area contributed by atoms with Crippen LogP contribution >= 0.6 is 0 Å². The highest BCUT2D eigenvalue weighted by Gasteiger charge is 2.29. The van der Waals surface area contributed by atoms with Crippen LogP contribution in [0.5, 0.6) is 0 Å². The van der Waals surface area contributed by atoms with E-state index in [1.54, 1.807) is 24.3 Å². The average molecular weight is 318 g/mol. The van der Waals surface area contributed by atoms with Crippen LogP contribution in [0.1, 0.15) is 42.6 Å². The first-order valence-electron chi connectivity index (χ1n) is 7.69. The van der Waals surface area contributed by atoms with Crippen LogP contribution in [0.15, 0.2) is 24.3 Å². The topological polar surface area (TPSA) is 99.3 Å². The van der Waals surface area contributed by atoms with Crippen molar-refractivity contribution >= 4 is 17.8 Å². The third-order valence-electron chi connectivity index (χ3n) is 3.34. The highest BCUT2D eigenvalue weighted by Crippen LogP contribution is 2.28. The molecule has 0 aromatic heterocycles. The van der Waals surface area contributed by atoms with E-state index in [1.807, 2.05) is 13.8 Å². The highest BCUT2D eigenvalue weighted by atomic mass is 16.2. The number of nitrogens with one attached hydrogen (secondary N) is 4. The molecule has 0 aliphatic heterocycles. The minimum atomic E-state index is -0.365. The predicted molar refractivity (Wildman–Crippen MR) is 85.3 cm³/mol. The van der Waals surface area contributed by atoms with E-state index in [9.17, 15) is 14.4 Å². The molecule has 4 amide bonds. The van der Waals surface area contributed by atoms with Crippen molar-refractivity contribution in [3.05, 3.63) is 35.4 Å². The van der Waals surface area contributed by atoms with E-state index in [0.717, 1.165) is 18.4 Å². The fourth-order valence-corrected chi connectivity index (χ4v) is 1.91. The van der Waals surface area contributed by atoms with Crippen LogP contribution in [0.2, 0.25) is 0 Å². The van der Waals surface area contributed by atoms with E-state index in [2.05, 4.69) is 21.5 Å². The summed E-state index contributed by atoms with van der Waals surface area (Å²) in [5.74, 6) is -0.466. The zero-order valence-corrected chi connectivity index (χ0v) is 13.3. The van der Waals surface area contributed by atoms with E-state index < -0.39 is 0 Å². The molecule has 0 heterocycles. The molecule has 7 heteroatoms. The Morgan fingerprint density at radius 1 is 1.09 bits per heavy atom. The second-order valence-corrected chi connectivity index (χ2v) is 5.90. The molecule has 0 atom stereocenters. The van der Waals surface area contributed by atoms with Gasteiger partial charge in [0.05, 0.1) is 0 Å². The lowest BCUT2D eigenvalue weighted by atomic mass is 10.1. The lowest BCUT2D eigenvalue weighted by Gasteiger charge is -2.10. The number of hydrazine groups is 1. The molecule has 0 spiro atoms. The summed E-state index contributed by atoms with van der Waals surface area (Å²) < 4.78 is 0. The highest BCUT2D eigenvalue weighted by molar-refractivity contribution is 5.95. The molecule has 1 fully saturated rings. The van der Waals surface area contributed by atoms with E-state index in [-0.39, 0.29) is 29.8 Å². The van der Waals surface area contributed by atoms with Crippen molar-refractivity contribution < 1.29 is 14.4 Å². The number of hydrogen-bond donors (Lipinski definition) is 4. The first kappa shape index (κ1) is 16.8. The molecule has 23 heavy (non-hydrogen) atoms. The molecule has 1 saturated carbocycles. The van der Waals surface area contributed by atoms with Crippen LogP contribution in [-0.2, 0) is 11.3 Å². The van der Waals surface area contributed by atoms with E-state index in [4.69, 9.17) is 0 Å². The normalized spacial score (nSPS) is 13.3. The largest absolute Gasteiger partial charge is 0.336 e. The summed E-state index contributed by atoms with van der Waals surface area (Å²) in [7, 11) is 0. The van der Waals surface area contributed by atoms with Gasteiger partial charge in [0.25, 0.3) is 5.91 Å². The quantitative estimate of drug-likeness (QED) is 0.611. The van der Waals surface area contributed by atoms with Gasteiger partial charge in [-0.15, -0.1) is 0 Å². The monoisotopic (exact) mass is 318 g/mol. The molecule has 124 valence electrons. The molecule has 1 aromatic rings. The fourth-order valence-electron chi connectivity index (χ4n) is 1.91. The lowest BCUT2D eigenvalue weighted by Crippen LogP contribution is -2.42. The zero-order valence-electron chi connectivity index (χ0n) is 13.3. The van der Waals surface area contributed by atoms with E-state index >= 15 is 0 Å². The van der Waals surface area contributed by atoms with Gasteiger partial charge in [-0.25, -0.2) is 4.79 Å². The Bertz CT molecular complexity index is 579. The Labute approximate surface area is 135 Å². The lowest BCUT2D eigenvalue weighted by molar-refractivity contribution is -0.123. The fraction of sp³-hybridized carbons (Fsp3) is 0.438. The van der Waals surface area contributed by atoms with Gasteiger partial charge in [-0.3, -0.25) is 20.4 Å². The first-order valence-corrected chi connectivity index (χ1v) is 7.69. The molecule has 0 unspecified atom stereocenters. The van der Waals surface area contributed by atoms with Gasteiger partial charge in [0.2, 0.25) is 5.91 Å². The van der Waals surface area contributed by atoms with Gasteiger partial charge >= 0.3 is 6.03 Å². The van der Waals surface area contributed by atoms with Crippen molar-refractivity contribution in [2.75, 3.05) is 0 Å². The second kappa shape index (κ2) is 7.62. The molecule has 0 radical (unpaired) electrons. The summed E-state index contributed by atoms with van der Waals surface area (Å²) >= 11 is 0. The number of amides is 4. The van der Waals surface area contributed by atoms with Crippen molar-refractivity contribution in [1.82, 2.24) is 21.5 Å². The molecule has 0 bridgehead atoms. The number of carbonyl (C=O) groups excluding carboxylic acids is 3. The van der Waals surface area contributed by atoms with Gasteiger partial charge in [0.1, 0.15) is 0 Å². The Hall–Kier alpha value is -2.57. The van der Waals surface area contributed by atoms with Crippen LogP contribution in [0.4, 0.5) is 4.79 Å². The number of hydrogen-bond acceptors (Lipinski definition) is 3. The third kappa shape index (κ3) is 5.61. The van der Waals surface area contributed by atoms with Gasteiger partial charge in [-0.1, -0.05) is 12.1 Å². The zero-order chi connectivity index (χ0) is 16.8. The SMILES string of the molecule is CC(C)NC(=O)NCc1ccc(C(=O)NNC(=O)C2CC2)cc1. The molecule has 1 aromatic carbocycles. The van der Waals surface area contributed by atoms with Crippen LogP contribution in [-0.4, -0.2) is 23.9 Å². The predicted octanol–water partition coefficient (Wildman–Crippen LogP) is 1.07. The summed E-state index contributed by atoms with van der Waals surface area (Å²) in [6.07, 6.45) is 1.77. The molecule has 2 rings (SSSR count). The number of urea groups is 1. The van der Waals surface area contributed by atoms with Crippen molar-refractivity contribution in [1.29, 1.82) is 0 Å². The van der Waals surface area contributed by atoms with Gasteiger partial charge in [-0.2, -0.15) is 0 Å². The molecule has 4 N–H and O–H groups in total. The molecule has 0 saturated heterocycles. The van der Waals surface area contributed by atoms with Crippen LogP contribution in [0.25, 0.3) is 0 Å². The first-order chi connectivity index (χ1) is 11.0. The molecule has 1 aliphatic rings. The van der Waals surface area contributed by atoms with Crippen LogP contribution < -0.4 is 21.5 Å². The molecular weight excluding hydrogens is 296 g/mol. The summed E-state index contributed by atoms with van der Waals surface area (Å²) in [6, 6.07) is 6.66. The summed E-state index contributed by atoms with van der Waals surface area (Å²) in [5, 5.41) is 5.46. The molecular formula is C16H22N4O3. The minimum Gasteiger partial charge on any atom is -0.336 e. The Kier molecular flexibility index (Phi) is 5.56. The molecule has 1 aliphatic carbocycles. The van der Waals surface area contributed by atoms with Gasteiger partial charge < -0.3 is 10.6 Å². The van der Waals surface area contributed by atoms with Gasteiger partial charge in [-0.05, 0) is 44.4 Å². The summed E-state index contributed by atoms with van der Waals surface area (Å²) in [6.45, 7) is 4.14. The van der Waals surface area contributed by atoms with E-state index in [1.165, 1.54) is 0 Å². The van der Waals surface area contributed by atoms with Gasteiger partial charge in [0.15, 0.2) is 0 Å². The maximum atomic E-state index is 11.9. The smallest absolute Gasteiger partial charge is 0.315 e. The number of carbonyl (C=O) groups is 3. The minimum absolute atomic E-state index is 0.0423. The summed E-state index contributed by atoms with van der Waals surface area (Å²) in [4.78, 5) is 34.8. The number of rotatable bonds is 5. The van der Waals surface area contributed by atoms with Crippen LogP contribution in [0.3, 0.4) is 0 Å². The van der Waals surface area contributed by atoms with Crippen molar-refractivity contribution in [2.24, 2.45) is 5.92 Å². The average Bonchev–Trinajstić information content (AvgIpc) is 3.35. The molecule has 7 nitrogen and oxygen atoms in total. The standard InChI is InChI=1S/C16H22N4O3/c1-10(2)18-16(23)17-9-11-3-5-12(6-4-11)14(21)19-20-15(22)13-7-8-13/h3-6,10,13H,7-9H2,1-2H3,(H,19,21)(H,20,22)(H2,17,18,23). The van der Waals surface area contributed by atoms with Gasteiger partial charge in [0, 0.05) is 24.1 Å². The Morgan fingerprint density at radius 2 is 1.74 bits per heavy atom. The second-order valence-electron chi connectivity index (χ2n) is 5.90. The number of benzene rings is 1. The maximum Gasteiger partial charge on any atom is 0.315 e.